The molecule has 0 spiro atoms. The van der Waals surface area contributed by atoms with Crippen LogP contribution in [0.2, 0.25) is 0 Å². The highest BCUT2D eigenvalue weighted by Crippen LogP contribution is 2.25. The third-order valence-electron chi connectivity index (χ3n) is 2.79. The minimum Gasteiger partial charge on any atom is -0.396 e. The number of likely N-dealkylation sites (tertiary alicyclic amines) is 1. The van der Waals surface area contributed by atoms with Crippen molar-refractivity contribution in [1.29, 1.82) is 0 Å². The molecule has 0 aromatic heterocycles. The second-order valence-corrected chi connectivity index (χ2v) is 6.05. The molecular formula is C10H21NOS. The minimum atomic E-state index is 0.352. The van der Waals surface area contributed by atoms with E-state index in [2.05, 4.69) is 25.0 Å². The standard InChI is InChI=1S/C10H21NOS/c1-10(2,13-3)8-11-5-4-9(6-11)7-12/h9,12H,4-8H2,1-3H3. The molecule has 1 N–H and O–H groups in total. The zero-order chi connectivity index (χ0) is 9.90. The highest BCUT2D eigenvalue weighted by Gasteiger charge is 2.26. The summed E-state index contributed by atoms with van der Waals surface area (Å²) >= 11 is 1.92. The summed E-state index contributed by atoms with van der Waals surface area (Å²) in [5.41, 5.74) is 0. The number of nitrogens with zero attached hydrogens (tertiary/aromatic N) is 1. The SMILES string of the molecule is CSC(C)(C)CN1CCC(CO)C1. The predicted octanol–water partition coefficient (Wildman–Crippen LogP) is 1.44. The molecule has 0 bridgehead atoms. The average Bonchev–Trinajstić information content (AvgIpc) is 2.52. The van der Waals surface area contributed by atoms with Crippen LogP contribution in [0.25, 0.3) is 0 Å². The third-order valence-corrected chi connectivity index (χ3v) is 4.02. The van der Waals surface area contributed by atoms with E-state index in [0.717, 1.165) is 19.6 Å². The number of hydrogen-bond donors (Lipinski definition) is 1. The number of aliphatic hydroxyl groups excluding tert-OH is 1. The van der Waals surface area contributed by atoms with Gasteiger partial charge in [-0.2, -0.15) is 11.8 Å². The van der Waals surface area contributed by atoms with Crippen LogP contribution in [0, 0.1) is 5.92 Å². The monoisotopic (exact) mass is 203 g/mol. The van der Waals surface area contributed by atoms with Gasteiger partial charge in [0.2, 0.25) is 0 Å². The van der Waals surface area contributed by atoms with Crippen LogP contribution in [-0.2, 0) is 0 Å². The second-order valence-electron chi connectivity index (χ2n) is 4.54. The van der Waals surface area contributed by atoms with Crippen molar-refractivity contribution < 1.29 is 5.11 Å². The summed E-state index contributed by atoms with van der Waals surface area (Å²) < 4.78 is 0.352. The number of rotatable bonds is 4. The van der Waals surface area contributed by atoms with Crippen molar-refractivity contribution in [3.05, 3.63) is 0 Å². The molecule has 0 radical (unpaired) electrons. The van der Waals surface area contributed by atoms with Crippen molar-refractivity contribution >= 4 is 11.8 Å². The Bertz CT molecular complexity index is 161. The van der Waals surface area contributed by atoms with E-state index < -0.39 is 0 Å². The molecule has 0 aromatic carbocycles. The summed E-state index contributed by atoms with van der Waals surface area (Å²) in [5, 5.41) is 9.01. The van der Waals surface area contributed by atoms with E-state index in [4.69, 9.17) is 5.11 Å². The third kappa shape index (κ3) is 3.49. The maximum atomic E-state index is 9.01. The number of aliphatic hydroxyl groups is 1. The largest absolute Gasteiger partial charge is 0.396 e. The molecule has 1 saturated heterocycles. The van der Waals surface area contributed by atoms with Crippen LogP contribution >= 0.6 is 11.8 Å². The minimum absolute atomic E-state index is 0.352. The lowest BCUT2D eigenvalue weighted by Crippen LogP contribution is -2.35. The zero-order valence-electron chi connectivity index (χ0n) is 8.92. The first kappa shape index (κ1) is 11.3. The van der Waals surface area contributed by atoms with Crippen LogP contribution in [0.5, 0.6) is 0 Å². The van der Waals surface area contributed by atoms with E-state index >= 15 is 0 Å². The lowest BCUT2D eigenvalue weighted by atomic mass is 10.1. The highest BCUT2D eigenvalue weighted by atomic mass is 32.2. The van der Waals surface area contributed by atoms with Gasteiger partial charge in [-0.3, -0.25) is 0 Å². The quantitative estimate of drug-likeness (QED) is 0.748. The Morgan fingerprint density at radius 1 is 1.54 bits per heavy atom. The van der Waals surface area contributed by atoms with Crippen LogP contribution in [-0.4, -0.2) is 47.3 Å². The molecule has 0 aliphatic carbocycles. The summed E-state index contributed by atoms with van der Waals surface area (Å²) in [5.74, 6) is 0.526. The van der Waals surface area contributed by atoms with E-state index in [0.29, 0.717) is 17.3 Å². The number of thioether (sulfide) groups is 1. The van der Waals surface area contributed by atoms with Gasteiger partial charge < -0.3 is 10.0 Å². The van der Waals surface area contributed by atoms with E-state index in [-0.39, 0.29) is 0 Å². The van der Waals surface area contributed by atoms with E-state index in [1.165, 1.54) is 6.42 Å². The number of hydrogen-bond acceptors (Lipinski definition) is 3. The van der Waals surface area contributed by atoms with Crippen molar-refractivity contribution in [3.8, 4) is 0 Å². The smallest absolute Gasteiger partial charge is 0.0471 e. The fourth-order valence-electron chi connectivity index (χ4n) is 1.81. The van der Waals surface area contributed by atoms with Gasteiger partial charge in [0.15, 0.2) is 0 Å². The van der Waals surface area contributed by atoms with Crippen molar-refractivity contribution in [2.45, 2.75) is 25.0 Å². The molecule has 2 nitrogen and oxygen atoms in total. The molecule has 1 rings (SSSR count). The summed E-state index contributed by atoms with van der Waals surface area (Å²) in [7, 11) is 0. The predicted molar refractivity (Wildman–Crippen MR) is 59.2 cm³/mol. The molecule has 1 aliphatic rings. The fraction of sp³-hybridized carbons (Fsp3) is 1.00. The van der Waals surface area contributed by atoms with Gasteiger partial charge in [-0.05, 0) is 39.0 Å². The molecule has 13 heavy (non-hydrogen) atoms. The maximum absolute atomic E-state index is 9.01. The van der Waals surface area contributed by atoms with Gasteiger partial charge in [-0.1, -0.05) is 0 Å². The van der Waals surface area contributed by atoms with Crippen LogP contribution in [0.15, 0.2) is 0 Å². The van der Waals surface area contributed by atoms with Gasteiger partial charge in [0, 0.05) is 24.4 Å². The van der Waals surface area contributed by atoms with Crippen molar-refractivity contribution in [1.82, 2.24) is 4.90 Å². The summed E-state index contributed by atoms with van der Waals surface area (Å²) in [4.78, 5) is 2.47. The normalized spacial score (nSPS) is 25.4. The van der Waals surface area contributed by atoms with Crippen LogP contribution < -0.4 is 0 Å². The summed E-state index contributed by atoms with van der Waals surface area (Å²) in [6, 6.07) is 0. The zero-order valence-corrected chi connectivity index (χ0v) is 9.73. The molecule has 1 fully saturated rings. The van der Waals surface area contributed by atoms with Crippen molar-refractivity contribution in [3.63, 3.8) is 0 Å². The lowest BCUT2D eigenvalue weighted by Gasteiger charge is -2.28. The van der Waals surface area contributed by atoms with E-state index in [9.17, 15) is 0 Å². The Morgan fingerprint density at radius 3 is 2.69 bits per heavy atom. The van der Waals surface area contributed by atoms with Crippen molar-refractivity contribution in [2.24, 2.45) is 5.92 Å². The lowest BCUT2D eigenvalue weighted by molar-refractivity contribution is 0.219. The van der Waals surface area contributed by atoms with Crippen molar-refractivity contribution in [2.75, 3.05) is 32.5 Å². The van der Waals surface area contributed by atoms with Gasteiger partial charge in [-0.25, -0.2) is 0 Å². The Balaban J connectivity index is 2.31. The highest BCUT2D eigenvalue weighted by molar-refractivity contribution is 7.99. The molecule has 1 aliphatic heterocycles. The first-order valence-electron chi connectivity index (χ1n) is 4.96. The molecule has 1 heterocycles. The van der Waals surface area contributed by atoms with E-state index in [1.54, 1.807) is 0 Å². The molecule has 1 atom stereocenters. The first-order valence-corrected chi connectivity index (χ1v) is 6.18. The Hall–Kier alpha value is 0.270. The van der Waals surface area contributed by atoms with E-state index in [1.807, 2.05) is 11.8 Å². The summed E-state index contributed by atoms with van der Waals surface area (Å²) in [6.45, 7) is 8.31. The van der Waals surface area contributed by atoms with Gasteiger partial charge in [0.25, 0.3) is 0 Å². The Morgan fingerprint density at radius 2 is 2.23 bits per heavy atom. The van der Waals surface area contributed by atoms with Gasteiger partial charge in [0.05, 0.1) is 0 Å². The molecule has 78 valence electrons. The van der Waals surface area contributed by atoms with Crippen LogP contribution in [0.4, 0.5) is 0 Å². The second kappa shape index (κ2) is 4.67. The average molecular weight is 203 g/mol. The topological polar surface area (TPSA) is 23.5 Å². The molecule has 0 amide bonds. The molecule has 0 aromatic rings. The van der Waals surface area contributed by atoms with Gasteiger partial charge in [0.1, 0.15) is 0 Å². The molecule has 1 unspecified atom stereocenters. The molecular weight excluding hydrogens is 182 g/mol. The van der Waals surface area contributed by atoms with Crippen LogP contribution in [0.1, 0.15) is 20.3 Å². The maximum Gasteiger partial charge on any atom is 0.0471 e. The Kier molecular flexibility index (Phi) is 4.07. The van der Waals surface area contributed by atoms with Gasteiger partial charge in [-0.15, -0.1) is 0 Å². The molecule has 0 saturated carbocycles. The Labute approximate surface area is 85.7 Å². The van der Waals surface area contributed by atoms with Gasteiger partial charge >= 0.3 is 0 Å². The van der Waals surface area contributed by atoms with Crippen LogP contribution in [0.3, 0.4) is 0 Å². The fourth-order valence-corrected chi connectivity index (χ4v) is 2.12. The summed E-state index contributed by atoms with van der Waals surface area (Å²) in [6.07, 6.45) is 3.33. The first-order chi connectivity index (χ1) is 6.07. The molecule has 3 heteroatoms.